The molecule has 0 aliphatic heterocycles. The number of hydrogen-bond donors (Lipinski definition) is 0. The summed E-state index contributed by atoms with van der Waals surface area (Å²) in [6.45, 7) is 7.82. The van der Waals surface area contributed by atoms with Crippen LogP contribution in [0.4, 0.5) is 0 Å². The molecule has 2 rings (SSSR count). The number of aliphatic imine (C=N–C) groups is 2. The van der Waals surface area contributed by atoms with Gasteiger partial charge in [-0.15, -0.1) is 0 Å². The number of ketones is 1. The lowest BCUT2D eigenvalue weighted by atomic mass is 10.00. The zero-order valence-corrected chi connectivity index (χ0v) is 15.1. The largest absolute Gasteiger partial charge is 0.338 e. The van der Waals surface area contributed by atoms with Crippen LogP contribution in [-0.2, 0) is 4.89 Å². The first-order valence-corrected chi connectivity index (χ1v) is 8.08. The molecule has 26 heavy (non-hydrogen) atoms. The fourth-order valence-corrected chi connectivity index (χ4v) is 2.27. The van der Waals surface area contributed by atoms with Gasteiger partial charge < -0.3 is 4.89 Å². The summed E-state index contributed by atoms with van der Waals surface area (Å²) in [5, 5.41) is 0. The molecule has 0 unspecified atom stereocenters. The summed E-state index contributed by atoms with van der Waals surface area (Å²) in [5.74, 6) is 0.151. The summed E-state index contributed by atoms with van der Waals surface area (Å²) in [6.07, 6.45) is 4.64. The molecular weight excluding hydrogens is 330 g/mol. The van der Waals surface area contributed by atoms with Crippen LogP contribution in [0.3, 0.4) is 0 Å². The van der Waals surface area contributed by atoms with E-state index < -0.39 is 0 Å². The number of benzene rings is 1. The number of nitrogens with zero attached hydrogens (tertiary/aromatic N) is 3. The Morgan fingerprint density at radius 3 is 2.73 bits per heavy atom. The van der Waals surface area contributed by atoms with Crippen molar-refractivity contribution in [3.05, 3.63) is 59.4 Å². The predicted octanol–water partition coefficient (Wildman–Crippen LogP) is 3.86. The van der Waals surface area contributed by atoms with Gasteiger partial charge in [0.25, 0.3) is 0 Å². The van der Waals surface area contributed by atoms with E-state index in [2.05, 4.69) is 21.7 Å². The SMILES string of the molecule is C=N/C=C(\C=NCC)C(=O)c1cc(OOC)cc(-c2ccc(C)cn2)c1. The predicted molar refractivity (Wildman–Crippen MR) is 103 cm³/mol. The minimum atomic E-state index is -0.246. The molecule has 0 atom stereocenters. The molecule has 0 fully saturated rings. The van der Waals surface area contributed by atoms with Gasteiger partial charge in [0.2, 0.25) is 0 Å². The Labute approximate surface area is 152 Å². The smallest absolute Gasteiger partial charge is 0.196 e. The van der Waals surface area contributed by atoms with Crippen LogP contribution in [0.2, 0.25) is 0 Å². The molecule has 0 aliphatic rings. The number of rotatable bonds is 8. The average Bonchev–Trinajstić information content (AvgIpc) is 2.65. The molecular formula is C20H21N3O3. The Kier molecular flexibility index (Phi) is 6.93. The minimum absolute atomic E-state index is 0.246. The van der Waals surface area contributed by atoms with Gasteiger partial charge in [0.1, 0.15) is 0 Å². The van der Waals surface area contributed by atoms with E-state index in [-0.39, 0.29) is 5.78 Å². The average molecular weight is 351 g/mol. The highest BCUT2D eigenvalue weighted by Crippen LogP contribution is 2.26. The van der Waals surface area contributed by atoms with Crippen LogP contribution in [0, 0.1) is 6.92 Å². The Morgan fingerprint density at radius 1 is 1.31 bits per heavy atom. The third kappa shape index (κ3) is 4.94. The fraction of sp³-hybridized carbons (Fsp3) is 0.200. The second kappa shape index (κ2) is 9.39. The Balaban J connectivity index is 2.51. The van der Waals surface area contributed by atoms with Crippen molar-refractivity contribution < 1.29 is 14.6 Å². The maximum absolute atomic E-state index is 12.9. The first-order chi connectivity index (χ1) is 12.6. The lowest BCUT2D eigenvalue weighted by Crippen LogP contribution is -2.06. The standard InChI is InChI=1S/C20H21N3O3/c1-5-22-13-17(12-21-3)20(24)16-8-15(9-18(10-16)26-25-4)19-7-6-14(2)11-23-19/h6-13H,3,5H2,1-2,4H3/b17-12+,22-13?. The summed E-state index contributed by atoms with van der Waals surface area (Å²) in [5.41, 5.74) is 3.25. The number of aromatic nitrogens is 1. The van der Waals surface area contributed by atoms with Crippen LogP contribution in [0.5, 0.6) is 5.75 Å². The molecule has 0 spiro atoms. The molecule has 1 aromatic heterocycles. The van der Waals surface area contributed by atoms with Gasteiger partial charge in [-0.05, 0) is 50.4 Å². The summed E-state index contributed by atoms with van der Waals surface area (Å²) in [6, 6.07) is 8.94. The first-order valence-electron chi connectivity index (χ1n) is 8.08. The maximum atomic E-state index is 12.9. The Hall–Kier alpha value is -3.12. The lowest BCUT2D eigenvalue weighted by molar-refractivity contribution is -0.178. The Morgan fingerprint density at radius 2 is 2.12 bits per heavy atom. The number of carbonyl (C=O) groups is 1. The number of pyridine rings is 1. The number of Topliss-reactive ketones (excluding diaryl/α,β-unsaturated/α-hetero) is 1. The van der Waals surface area contributed by atoms with Crippen LogP contribution in [0.25, 0.3) is 11.3 Å². The Bertz CT molecular complexity index is 840. The van der Waals surface area contributed by atoms with Crippen LogP contribution >= 0.6 is 0 Å². The normalized spacial score (nSPS) is 11.6. The van der Waals surface area contributed by atoms with Crippen molar-refractivity contribution >= 4 is 18.7 Å². The molecule has 0 radical (unpaired) electrons. The zero-order chi connectivity index (χ0) is 18.9. The van der Waals surface area contributed by atoms with E-state index in [1.165, 1.54) is 19.5 Å². The molecule has 0 amide bonds. The number of hydrogen-bond acceptors (Lipinski definition) is 6. The topological polar surface area (TPSA) is 73.1 Å². The number of aryl methyl sites for hydroxylation is 1. The molecule has 0 saturated heterocycles. The summed E-state index contributed by atoms with van der Waals surface area (Å²) >= 11 is 0. The van der Waals surface area contributed by atoms with Crippen molar-refractivity contribution in [3.63, 3.8) is 0 Å². The molecule has 6 heteroatoms. The zero-order valence-electron chi connectivity index (χ0n) is 15.1. The van der Waals surface area contributed by atoms with Gasteiger partial charge in [0, 0.05) is 36.3 Å². The van der Waals surface area contributed by atoms with E-state index in [4.69, 9.17) is 9.78 Å². The van der Waals surface area contributed by atoms with E-state index in [0.717, 1.165) is 16.8 Å². The van der Waals surface area contributed by atoms with Crippen molar-refractivity contribution in [2.24, 2.45) is 9.98 Å². The molecule has 0 N–H and O–H groups in total. The molecule has 134 valence electrons. The maximum Gasteiger partial charge on any atom is 0.196 e. The monoisotopic (exact) mass is 351 g/mol. The first kappa shape index (κ1) is 19.2. The van der Waals surface area contributed by atoms with Crippen molar-refractivity contribution in [1.29, 1.82) is 0 Å². The van der Waals surface area contributed by atoms with E-state index in [1.807, 2.05) is 26.0 Å². The molecule has 2 aromatic rings. The van der Waals surface area contributed by atoms with Gasteiger partial charge >= 0.3 is 0 Å². The van der Waals surface area contributed by atoms with Crippen molar-refractivity contribution in [2.45, 2.75) is 13.8 Å². The minimum Gasteiger partial charge on any atom is -0.338 e. The molecule has 1 aromatic carbocycles. The van der Waals surface area contributed by atoms with E-state index in [9.17, 15) is 4.79 Å². The molecule has 6 nitrogen and oxygen atoms in total. The summed E-state index contributed by atoms with van der Waals surface area (Å²) in [7, 11) is 1.40. The summed E-state index contributed by atoms with van der Waals surface area (Å²) < 4.78 is 0. The second-order valence-corrected chi connectivity index (χ2v) is 5.44. The van der Waals surface area contributed by atoms with Crippen molar-refractivity contribution in [1.82, 2.24) is 4.98 Å². The van der Waals surface area contributed by atoms with Crippen LogP contribution in [0.1, 0.15) is 22.8 Å². The molecule has 0 aliphatic carbocycles. The van der Waals surface area contributed by atoms with Gasteiger partial charge in [-0.3, -0.25) is 19.8 Å². The lowest BCUT2D eigenvalue weighted by Gasteiger charge is -2.09. The third-order valence-electron chi connectivity index (χ3n) is 3.46. The highest BCUT2D eigenvalue weighted by atomic mass is 17.2. The highest BCUT2D eigenvalue weighted by Gasteiger charge is 2.15. The van der Waals surface area contributed by atoms with Crippen LogP contribution in [0.15, 0.2) is 58.3 Å². The fourth-order valence-electron chi connectivity index (χ4n) is 2.27. The van der Waals surface area contributed by atoms with Gasteiger partial charge in [-0.25, -0.2) is 0 Å². The summed E-state index contributed by atoms with van der Waals surface area (Å²) in [4.78, 5) is 35.0. The van der Waals surface area contributed by atoms with Crippen LogP contribution < -0.4 is 4.89 Å². The van der Waals surface area contributed by atoms with E-state index in [0.29, 0.717) is 23.4 Å². The number of carbonyl (C=O) groups excluding carboxylic acids is 1. The van der Waals surface area contributed by atoms with E-state index in [1.54, 1.807) is 24.4 Å². The van der Waals surface area contributed by atoms with Gasteiger partial charge in [-0.2, -0.15) is 4.89 Å². The van der Waals surface area contributed by atoms with Crippen LogP contribution in [-0.4, -0.2) is 37.4 Å². The van der Waals surface area contributed by atoms with Crippen molar-refractivity contribution in [3.8, 4) is 17.0 Å². The second-order valence-electron chi connectivity index (χ2n) is 5.44. The van der Waals surface area contributed by atoms with Gasteiger partial charge in [0.05, 0.1) is 18.4 Å². The van der Waals surface area contributed by atoms with Gasteiger partial charge in [0.15, 0.2) is 11.5 Å². The number of allylic oxidation sites excluding steroid dienone is 1. The highest BCUT2D eigenvalue weighted by molar-refractivity contribution is 6.21. The van der Waals surface area contributed by atoms with Crippen molar-refractivity contribution in [2.75, 3.05) is 13.7 Å². The van der Waals surface area contributed by atoms with E-state index >= 15 is 0 Å². The molecule has 0 bridgehead atoms. The third-order valence-corrected chi connectivity index (χ3v) is 3.46. The quantitative estimate of drug-likeness (QED) is 0.238. The molecule has 1 heterocycles. The van der Waals surface area contributed by atoms with Gasteiger partial charge in [-0.1, -0.05) is 6.07 Å². The molecule has 0 saturated carbocycles.